The molecule has 0 spiro atoms. The number of hydrogen-bond donors (Lipinski definition) is 2. The Morgan fingerprint density at radius 2 is 1.94 bits per heavy atom. The molecule has 17 heavy (non-hydrogen) atoms. The molecule has 2 amide bonds. The maximum Gasteiger partial charge on any atom is 0.323 e. The lowest BCUT2D eigenvalue weighted by Crippen LogP contribution is -2.47. The molecule has 0 aromatic carbocycles. The van der Waals surface area contributed by atoms with Crippen molar-refractivity contribution in [3.8, 4) is 0 Å². The van der Waals surface area contributed by atoms with Gasteiger partial charge in [-0.25, -0.2) is 4.79 Å². The van der Waals surface area contributed by atoms with E-state index in [0.29, 0.717) is 12.5 Å². The summed E-state index contributed by atoms with van der Waals surface area (Å²) >= 11 is 0. The highest BCUT2D eigenvalue weighted by atomic mass is 16.4. The molecular weight excluding hydrogens is 220 g/mol. The molecule has 0 heterocycles. The highest BCUT2D eigenvalue weighted by Gasteiger charge is 2.21. The van der Waals surface area contributed by atoms with E-state index in [0.717, 1.165) is 0 Å². The van der Waals surface area contributed by atoms with Gasteiger partial charge >= 0.3 is 12.0 Å². The average Bonchev–Trinajstić information content (AvgIpc) is 2.74. The molecule has 5 heteroatoms. The van der Waals surface area contributed by atoms with Crippen LogP contribution < -0.4 is 5.32 Å². The van der Waals surface area contributed by atoms with Gasteiger partial charge in [-0.05, 0) is 32.6 Å². The second kappa shape index (κ2) is 6.47. The number of rotatable bonds is 5. The van der Waals surface area contributed by atoms with E-state index < -0.39 is 5.97 Å². The Hall–Kier alpha value is -1.26. The van der Waals surface area contributed by atoms with Gasteiger partial charge in [0.1, 0.15) is 6.54 Å². The number of nitrogens with zero attached hydrogens (tertiary/aromatic N) is 1. The van der Waals surface area contributed by atoms with Gasteiger partial charge in [-0.1, -0.05) is 12.8 Å². The molecule has 1 rings (SSSR count). The van der Waals surface area contributed by atoms with Crippen molar-refractivity contribution in [2.45, 2.75) is 45.6 Å². The molecule has 0 bridgehead atoms. The van der Waals surface area contributed by atoms with Gasteiger partial charge in [0.2, 0.25) is 0 Å². The van der Waals surface area contributed by atoms with Crippen LogP contribution >= 0.6 is 0 Å². The van der Waals surface area contributed by atoms with Gasteiger partial charge in [-0.15, -0.1) is 0 Å². The Labute approximate surface area is 102 Å². The van der Waals surface area contributed by atoms with E-state index in [1.165, 1.54) is 30.6 Å². The van der Waals surface area contributed by atoms with Crippen molar-refractivity contribution in [2.75, 3.05) is 13.1 Å². The first-order valence-electron chi connectivity index (χ1n) is 6.27. The number of urea groups is 1. The van der Waals surface area contributed by atoms with E-state index >= 15 is 0 Å². The van der Waals surface area contributed by atoms with Gasteiger partial charge in [0.15, 0.2) is 0 Å². The first kappa shape index (κ1) is 13.8. The van der Waals surface area contributed by atoms with E-state index in [2.05, 4.69) is 5.32 Å². The lowest BCUT2D eigenvalue weighted by Gasteiger charge is -2.25. The number of hydrogen-bond acceptors (Lipinski definition) is 2. The van der Waals surface area contributed by atoms with Gasteiger partial charge in [-0.2, -0.15) is 0 Å². The quantitative estimate of drug-likeness (QED) is 0.770. The van der Waals surface area contributed by atoms with Gasteiger partial charge in [0.25, 0.3) is 0 Å². The number of carboxylic acid groups (broad SMARTS) is 1. The Kier molecular flexibility index (Phi) is 5.25. The number of carbonyl (C=O) groups is 2. The summed E-state index contributed by atoms with van der Waals surface area (Å²) in [6, 6.07) is -0.371. The summed E-state index contributed by atoms with van der Waals surface area (Å²) in [5.74, 6) is -0.410. The lowest BCUT2D eigenvalue weighted by atomic mass is 10.1. The minimum absolute atomic E-state index is 0.102. The molecule has 0 atom stereocenters. The van der Waals surface area contributed by atoms with Crippen LogP contribution in [0, 0.1) is 5.92 Å². The number of carboxylic acids is 1. The fourth-order valence-electron chi connectivity index (χ4n) is 2.18. The van der Waals surface area contributed by atoms with Gasteiger partial charge in [0, 0.05) is 12.6 Å². The van der Waals surface area contributed by atoms with Crippen LogP contribution in [0.2, 0.25) is 0 Å². The highest BCUT2D eigenvalue weighted by molar-refractivity contribution is 5.80. The molecule has 0 unspecified atom stereocenters. The van der Waals surface area contributed by atoms with E-state index in [-0.39, 0.29) is 18.6 Å². The van der Waals surface area contributed by atoms with Gasteiger partial charge < -0.3 is 15.3 Å². The van der Waals surface area contributed by atoms with Crippen LogP contribution in [0.3, 0.4) is 0 Å². The summed E-state index contributed by atoms with van der Waals surface area (Å²) in [5, 5.41) is 11.6. The molecular formula is C12H22N2O3. The monoisotopic (exact) mass is 242 g/mol. The van der Waals surface area contributed by atoms with Crippen LogP contribution in [0.25, 0.3) is 0 Å². The number of nitrogens with one attached hydrogen (secondary N) is 1. The number of amides is 2. The fraction of sp³-hybridized carbons (Fsp3) is 0.833. The second-order valence-corrected chi connectivity index (χ2v) is 4.95. The molecule has 98 valence electrons. The van der Waals surface area contributed by atoms with Crippen LogP contribution in [-0.2, 0) is 4.79 Å². The average molecular weight is 242 g/mol. The molecule has 1 aliphatic rings. The third-order valence-electron chi connectivity index (χ3n) is 3.21. The Morgan fingerprint density at radius 1 is 1.35 bits per heavy atom. The fourth-order valence-corrected chi connectivity index (χ4v) is 2.18. The lowest BCUT2D eigenvalue weighted by molar-refractivity contribution is -0.138. The minimum Gasteiger partial charge on any atom is -0.480 e. The molecule has 1 saturated carbocycles. The normalized spacial score (nSPS) is 16.2. The summed E-state index contributed by atoms with van der Waals surface area (Å²) in [5.41, 5.74) is 0. The number of carbonyl (C=O) groups excluding carboxylic acids is 1. The maximum absolute atomic E-state index is 11.8. The summed E-state index contributed by atoms with van der Waals surface area (Å²) in [7, 11) is 0. The zero-order valence-electron chi connectivity index (χ0n) is 10.6. The third kappa shape index (κ3) is 4.63. The molecule has 0 aromatic rings. The van der Waals surface area contributed by atoms with E-state index in [4.69, 9.17) is 5.11 Å². The van der Waals surface area contributed by atoms with E-state index in [1.54, 1.807) is 0 Å². The standard InChI is InChI=1S/C12H22N2O3/c1-9(2)14(8-11(15)16)12(17)13-7-10-5-3-4-6-10/h9-10H,3-8H2,1-2H3,(H,13,17)(H,15,16). The van der Waals surface area contributed by atoms with Crippen LogP contribution in [-0.4, -0.2) is 41.1 Å². The van der Waals surface area contributed by atoms with Crippen LogP contribution in [0.5, 0.6) is 0 Å². The van der Waals surface area contributed by atoms with Gasteiger partial charge in [-0.3, -0.25) is 4.79 Å². The van der Waals surface area contributed by atoms with Crippen molar-refractivity contribution in [3.63, 3.8) is 0 Å². The molecule has 0 saturated heterocycles. The molecule has 5 nitrogen and oxygen atoms in total. The molecule has 0 aliphatic heterocycles. The summed E-state index contributed by atoms with van der Waals surface area (Å²) in [6.07, 6.45) is 4.81. The van der Waals surface area contributed by atoms with E-state index in [1.807, 2.05) is 13.8 Å². The first-order chi connectivity index (χ1) is 8.00. The van der Waals surface area contributed by atoms with Crippen LogP contribution in [0.15, 0.2) is 0 Å². The smallest absolute Gasteiger partial charge is 0.323 e. The summed E-state index contributed by atoms with van der Waals surface area (Å²) < 4.78 is 0. The molecule has 0 radical (unpaired) electrons. The Morgan fingerprint density at radius 3 is 2.41 bits per heavy atom. The largest absolute Gasteiger partial charge is 0.480 e. The predicted octanol–water partition coefficient (Wildman–Crippen LogP) is 1.68. The predicted molar refractivity (Wildman–Crippen MR) is 64.8 cm³/mol. The summed E-state index contributed by atoms with van der Waals surface area (Å²) in [6.45, 7) is 4.06. The molecule has 2 N–H and O–H groups in total. The highest BCUT2D eigenvalue weighted by Crippen LogP contribution is 2.23. The SMILES string of the molecule is CC(C)N(CC(=O)O)C(=O)NCC1CCCC1. The van der Waals surface area contributed by atoms with Crippen molar-refractivity contribution >= 4 is 12.0 Å². The van der Waals surface area contributed by atoms with Crippen molar-refractivity contribution in [3.05, 3.63) is 0 Å². The molecule has 0 aromatic heterocycles. The number of aliphatic carboxylic acids is 1. The van der Waals surface area contributed by atoms with Crippen LogP contribution in [0.1, 0.15) is 39.5 Å². The van der Waals surface area contributed by atoms with Crippen molar-refractivity contribution in [1.82, 2.24) is 10.2 Å². The second-order valence-electron chi connectivity index (χ2n) is 4.95. The van der Waals surface area contributed by atoms with Crippen molar-refractivity contribution < 1.29 is 14.7 Å². The van der Waals surface area contributed by atoms with E-state index in [9.17, 15) is 9.59 Å². The minimum atomic E-state index is -0.977. The molecule has 1 fully saturated rings. The van der Waals surface area contributed by atoms with Crippen molar-refractivity contribution in [2.24, 2.45) is 5.92 Å². The van der Waals surface area contributed by atoms with Crippen molar-refractivity contribution in [1.29, 1.82) is 0 Å². The topological polar surface area (TPSA) is 69.6 Å². The third-order valence-corrected chi connectivity index (χ3v) is 3.21. The Bertz CT molecular complexity index is 273. The zero-order valence-corrected chi connectivity index (χ0v) is 10.6. The first-order valence-corrected chi connectivity index (χ1v) is 6.27. The Balaban J connectivity index is 2.38. The zero-order chi connectivity index (χ0) is 12.8. The van der Waals surface area contributed by atoms with Gasteiger partial charge in [0.05, 0.1) is 0 Å². The van der Waals surface area contributed by atoms with Crippen LogP contribution in [0.4, 0.5) is 4.79 Å². The molecule has 1 aliphatic carbocycles. The maximum atomic E-state index is 11.8. The summed E-state index contributed by atoms with van der Waals surface area (Å²) in [4.78, 5) is 23.8.